The number of carbonyl (C=O) groups excluding carboxylic acids is 2. The van der Waals surface area contributed by atoms with Crippen LogP contribution >= 0.6 is 0 Å². The van der Waals surface area contributed by atoms with Gasteiger partial charge in [0.05, 0.1) is 65.9 Å². The Hall–Kier alpha value is -1.63. The molecule has 1 saturated heterocycles. The van der Waals surface area contributed by atoms with Crippen molar-refractivity contribution in [2.24, 2.45) is 0 Å². The summed E-state index contributed by atoms with van der Waals surface area (Å²) in [6.45, 7) is 4.55. The minimum Gasteiger partial charge on any atom is -0.476 e. The maximum Gasteiger partial charge on any atom is 0.372 e. The Morgan fingerprint density at radius 2 is 1.29 bits per heavy atom. The minimum atomic E-state index is -1.55. The number of ketones is 1. The van der Waals surface area contributed by atoms with Crippen molar-refractivity contribution in [3.63, 3.8) is 0 Å². The van der Waals surface area contributed by atoms with E-state index in [1.54, 1.807) is 0 Å². The van der Waals surface area contributed by atoms with E-state index in [4.69, 9.17) is 38.3 Å². The molecule has 1 fully saturated rings. The van der Waals surface area contributed by atoms with Crippen molar-refractivity contribution < 1.29 is 52.6 Å². The topological polar surface area (TPSA) is 136 Å². The molecule has 1 rings (SSSR count). The Bertz CT molecular complexity index is 492. The summed E-state index contributed by atoms with van der Waals surface area (Å²) in [5.41, 5.74) is 0. The van der Waals surface area contributed by atoms with E-state index in [9.17, 15) is 14.4 Å². The molecule has 0 amide bonds. The highest BCUT2D eigenvalue weighted by molar-refractivity contribution is 6.32. The number of carboxylic acid groups (broad SMARTS) is 1. The van der Waals surface area contributed by atoms with Gasteiger partial charge >= 0.3 is 11.9 Å². The summed E-state index contributed by atoms with van der Waals surface area (Å²) in [6, 6.07) is 0. The van der Waals surface area contributed by atoms with Gasteiger partial charge in [-0.25, -0.2) is 4.79 Å². The number of rotatable bonds is 20. The van der Waals surface area contributed by atoms with Gasteiger partial charge in [-0.05, 0) is 19.3 Å². The van der Waals surface area contributed by atoms with E-state index < -0.39 is 17.7 Å². The first-order valence-electron chi connectivity index (χ1n) is 10.6. The molecule has 31 heavy (non-hydrogen) atoms. The zero-order valence-electron chi connectivity index (χ0n) is 17.9. The first-order valence-corrected chi connectivity index (χ1v) is 10.6. The molecule has 0 radical (unpaired) electrons. The largest absolute Gasteiger partial charge is 0.476 e. The molecule has 1 atom stereocenters. The SMILES string of the molecule is O=C(CCC(=O)C(=O)O)OCCOCCOCCOCCOCCOC1CCCCO1. The molecule has 180 valence electrons. The van der Waals surface area contributed by atoms with Gasteiger partial charge in [-0.2, -0.15) is 0 Å². The molecule has 1 aliphatic heterocycles. The molecule has 1 unspecified atom stereocenters. The molecular formula is C20H34O11. The second kappa shape index (κ2) is 19.1. The number of esters is 1. The summed E-state index contributed by atoms with van der Waals surface area (Å²) in [6.07, 6.45) is 2.47. The van der Waals surface area contributed by atoms with Crippen LogP contribution in [-0.4, -0.2) is 102 Å². The number of hydrogen-bond donors (Lipinski definition) is 1. The van der Waals surface area contributed by atoms with E-state index in [2.05, 4.69) is 0 Å². The fourth-order valence-electron chi connectivity index (χ4n) is 2.45. The van der Waals surface area contributed by atoms with Gasteiger partial charge in [-0.15, -0.1) is 0 Å². The normalized spacial score (nSPS) is 16.2. The monoisotopic (exact) mass is 450 g/mol. The smallest absolute Gasteiger partial charge is 0.372 e. The van der Waals surface area contributed by atoms with Gasteiger partial charge in [0.2, 0.25) is 5.78 Å². The number of aliphatic carboxylic acids is 1. The van der Waals surface area contributed by atoms with Crippen molar-refractivity contribution in [3.8, 4) is 0 Å². The van der Waals surface area contributed by atoms with Crippen LogP contribution in [0.4, 0.5) is 0 Å². The molecule has 0 aromatic carbocycles. The molecule has 11 nitrogen and oxygen atoms in total. The van der Waals surface area contributed by atoms with E-state index in [1.165, 1.54) is 0 Å². The first-order chi connectivity index (χ1) is 15.1. The lowest BCUT2D eigenvalue weighted by Gasteiger charge is -2.22. The summed E-state index contributed by atoms with van der Waals surface area (Å²) < 4.78 is 37.2. The number of carboxylic acids is 1. The van der Waals surface area contributed by atoms with E-state index in [-0.39, 0.29) is 32.3 Å². The van der Waals surface area contributed by atoms with Crippen molar-refractivity contribution in [1.29, 1.82) is 0 Å². The van der Waals surface area contributed by atoms with Crippen molar-refractivity contribution in [2.45, 2.75) is 38.4 Å². The molecule has 0 bridgehead atoms. The van der Waals surface area contributed by atoms with E-state index >= 15 is 0 Å². The number of Topliss-reactive ketones (excluding diaryl/α,β-unsaturated/α-hetero) is 1. The Kier molecular flexibility index (Phi) is 16.9. The third-order valence-electron chi connectivity index (χ3n) is 4.07. The quantitative estimate of drug-likeness (QED) is 0.158. The summed E-state index contributed by atoms with van der Waals surface area (Å²) >= 11 is 0. The van der Waals surface area contributed by atoms with E-state index in [0.717, 1.165) is 25.9 Å². The van der Waals surface area contributed by atoms with Crippen molar-refractivity contribution in [3.05, 3.63) is 0 Å². The molecule has 1 aliphatic rings. The molecule has 0 spiro atoms. The highest BCUT2D eigenvalue weighted by atomic mass is 16.7. The van der Waals surface area contributed by atoms with Crippen molar-refractivity contribution in [2.75, 3.05) is 72.7 Å². The van der Waals surface area contributed by atoms with Crippen LogP contribution in [0, 0.1) is 0 Å². The van der Waals surface area contributed by atoms with Crippen LogP contribution in [0.2, 0.25) is 0 Å². The third-order valence-corrected chi connectivity index (χ3v) is 4.07. The Labute approximate surface area is 182 Å². The summed E-state index contributed by atoms with van der Waals surface area (Å²) in [7, 11) is 0. The van der Waals surface area contributed by atoms with Gasteiger partial charge in [0.25, 0.3) is 0 Å². The highest BCUT2D eigenvalue weighted by Crippen LogP contribution is 2.13. The Morgan fingerprint density at radius 1 is 0.742 bits per heavy atom. The summed E-state index contributed by atoms with van der Waals surface area (Å²) in [5, 5.41) is 8.40. The van der Waals surface area contributed by atoms with Crippen molar-refractivity contribution >= 4 is 17.7 Å². The van der Waals surface area contributed by atoms with Gasteiger partial charge in [-0.3, -0.25) is 9.59 Å². The zero-order chi connectivity index (χ0) is 22.6. The zero-order valence-corrected chi connectivity index (χ0v) is 17.9. The van der Waals surface area contributed by atoms with Crippen LogP contribution < -0.4 is 0 Å². The van der Waals surface area contributed by atoms with Crippen LogP contribution in [0.5, 0.6) is 0 Å². The molecule has 11 heteroatoms. The predicted molar refractivity (Wildman–Crippen MR) is 106 cm³/mol. The maximum atomic E-state index is 11.3. The minimum absolute atomic E-state index is 0.0297. The van der Waals surface area contributed by atoms with Crippen LogP contribution in [-0.2, 0) is 47.5 Å². The second-order valence-electron chi connectivity index (χ2n) is 6.57. The molecule has 0 aromatic heterocycles. The average Bonchev–Trinajstić information content (AvgIpc) is 2.77. The highest BCUT2D eigenvalue weighted by Gasteiger charge is 2.14. The Morgan fingerprint density at radius 3 is 1.81 bits per heavy atom. The fourth-order valence-corrected chi connectivity index (χ4v) is 2.45. The number of hydrogen-bond acceptors (Lipinski definition) is 10. The average molecular weight is 450 g/mol. The third kappa shape index (κ3) is 16.7. The maximum absolute atomic E-state index is 11.3. The lowest BCUT2D eigenvalue weighted by molar-refractivity contribution is -0.169. The van der Waals surface area contributed by atoms with Gasteiger partial charge in [0.1, 0.15) is 6.61 Å². The van der Waals surface area contributed by atoms with Gasteiger partial charge < -0.3 is 38.3 Å². The van der Waals surface area contributed by atoms with E-state index in [0.29, 0.717) is 52.9 Å². The number of carbonyl (C=O) groups is 3. The summed E-state index contributed by atoms with van der Waals surface area (Å²) in [5.74, 6) is -3.21. The Balaban J connectivity index is 1.72. The molecule has 0 aliphatic carbocycles. The molecule has 1 N–H and O–H groups in total. The van der Waals surface area contributed by atoms with Crippen LogP contribution in [0.1, 0.15) is 32.1 Å². The molecule has 0 aromatic rings. The molecule has 1 heterocycles. The fraction of sp³-hybridized carbons (Fsp3) is 0.850. The molecular weight excluding hydrogens is 416 g/mol. The van der Waals surface area contributed by atoms with Crippen LogP contribution in [0.3, 0.4) is 0 Å². The standard InChI is InChI=1S/C20H34O11/c21-17(20(23)24)4-5-18(22)29-15-13-27-11-9-25-7-8-26-10-12-28-14-16-31-19-3-1-2-6-30-19/h19H,1-16H2,(H,23,24). The van der Waals surface area contributed by atoms with Gasteiger partial charge in [0.15, 0.2) is 6.29 Å². The lowest BCUT2D eigenvalue weighted by Crippen LogP contribution is -2.24. The lowest BCUT2D eigenvalue weighted by atomic mass is 10.2. The van der Waals surface area contributed by atoms with Crippen LogP contribution in [0.25, 0.3) is 0 Å². The van der Waals surface area contributed by atoms with E-state index in [1.807, 2.05) is 0 Å². The molecule has 0 saturated carbocycles. The van der Waals surface area contributed by atoms with Gasteiger partial charge in [0, 0.05) is 13.0 Å². The first kappa shape index (κ1) is 27.4. The second-order valence-corrected chi connectivity index (χ2v) is 6.57. The van der Waals surface area contributed by atoms with Crippen LogP contribution in [0.15, 0.2) is 0 Å². The number of ether oxygens (including phenoxy) is 7. The van der Waals surface area contributed by atoms with Crippen molar-refractivity contribution in [1.82, 2.24) is 0 Å². The summed E-state index contributed by atoms with van der Waals surface area (Å²) in [4.78, 5) is 32.4. The predicted octanol–water partition coefficient (Wildman–Crippen LogP) is 0.573. The van der Waals surface area contributed by atoms with Gasteiger partial charge in [-0.1, -0.05) is 0 Å².